The van der Waals surface area contributed by atoms with Gasteiger partial charge in [0.15, 0.2) is 6.20 Å². The summed E-state index contributed by atoms with van der Waals surface area (Å²) < 4.78 is 6.73. The van der Waals surface area contributed by atoms with Gasteiger partial charge in [0.2, 0.25) is 0 Å². The first-order valence-corrected chi connectivity index (χ1v) is 7.78. The topological polar surface area (TPSA) is 68.5 Å². The van der Waals surface area contributed by atoms with Crippen molar-refractivity contribution in [1.82, 2.24) is 4.98 Å². The SMILES string of the molecule is CC(C)(C)OC1CCN(c2cc(Br)cnc2[N+](=O)[O-])CC1. The third-order valence-electron chi connectivity index (χ3n) is 3.29. The second-order valence-electron chi connectivity index (χ2n) is 6.17. The molecule has 0 amide bonds. The van der Waals surface area contributed by atoms with Crippen molar-refractivity contribution in [3.8, 4) is 0 Å². The van der Waals surface area contributed by atoms with Gasteiger partial charge in [-0.2, -0.15) is 0 Å². The minimum Gasteiger partial charge on any atom is -0.372 e. The second-order valence-corrected chi connectivity index (χ2v) is 7.09. The number of aromatic nitrogens is 1. The molecule has 0 spiro atoms. The lowest BCUT2D eigenvalue weighted by Crippen LogP contribution is -2.40. The highest BCUT2D eigenvalue weighted by atomic mass is 79.9. The van der Waals surface area contributed by atoms with E-state index in [-0.39, 0.29) is 17.5 Å². The largest absolute Gasteiger partial charge is 0.387 e. The van der Waals surface area contributed by atoms with Crippen LogP contribution in [-0.4, -0.2) is 34.7 Å². The number of nitrogens with zero attached hydrogens (tertiary/aromatic N) is 3. The summed E-state index contributed by atoms with van der Waals surface area (Å²) >= 11 is 3.33. The lowest BCUT2D eigenvalue weighted by atomic mass is 10.1. The number of rotatable bonds is 3. The zero-order chi connectivity index (χ0) is 15.6. The molecule has 0 bridgehead atoms. The molecule has 0 radical (unpaired) electrons. The molecule has 1 saturated heterocycles. The molecule has 0 N–H and O–H groups in total. The zero-order valence-electron chi connectivity index (χ0n) is 12.5. The normalized spacial score (nSPS) is 17.0. The molecule has 7 heteroatoms. The fraction of sp³-hybridized carbons (Fsp3) is 0.643. The Bertz CT molecular complexity index is 523. The Hall–Kier alpha value is -1.21. The van der Waals surface area contributed by atoms with Crippen molar-refractivity contribution in [2.45, 2.75) is 45.3 Å². The van der Waals surface area contributed by atoms with Gasteiger partial charge in [0.1, 0.15) is 5.69 Å². The summed E-state index contributed by atoms with van der Waals surface area (Å²) in [4.78, 5) is 16.6. The highest BCUT2D eigenvalue weighted by molar-refractivity contribution is 9.10. The van der Waals surface area contributed by atoms with Gasteiger partial charge in [0.25, 0.3) is 0 Å². The van der Waals surface area contributed by atoms with Gasteiger partial charge in [-0.05, 0) is 65.5 Å². The van der Waals surface area contributed by atoms with Gasteiger partial charge >= 0.3 is 5.82 Å². The number of nitro groups is 1. The summed E-state index contributed by atoms with van der Waals surface area (Å²) in [5.41, 5.74) is 0.416. The minimum atomic E-state index is -0.431. The van der Waals surface area contributed by atoms with E-state index in [1.807, 2.05) is 25.7 Å². The molecule has 6 nitrogen and oxygen atoms in total. The first kappa shape index (κ1) is 16.2. The average Bonchev–Trinajstić information content (AvgIpc) is 2.37. The van der Waals surface area contributed by atoms with Gasteiger partial charge in [-0.15, -0.1) is 0 Å². The van der Waals surface area contributed by atoms with E-state index in [1.54, 1.807) is 6.07 Å². The van der Waals surface area contributed by atoms with E-state index in [0.717, 1.165) is 30.4 Å². The predicted molar refractivity (Wildman–Crippen MR) is 84.7 cm³/mol. The van der Waals surface area contributed by atoms with Gasteiger partial charge in [-0.25, -0.2) is 0 Å². The smallest absolute Gasteiger partial charge is 0.372 e. The Balaban J connectivity index is 2.09. The lowest BCUT2D eigenvalue weighted by molar-refractivity contribution is -0.388. The number of anilines is 1. The maximum Gasteiger partial charge on any atom is 0.387 e. The van der Waals surface area contributed by atoms with E-state index in [2.05, 4.69) is 20.9 Å². The highest BCUT2D eigenvalue weighted by Gasteiger charge is 2.28. The van der Waals surface area contributed by atoms with Gasteiger partial charge in [0.05, 0.1) is 16.2 Å². The summed E-state index contributed by atoms with van der Waals surface area (Å²) in [6.45, 7) is 7.60. The number of pyridine rings is 1. The Kier molecular flexibility index (Phi) is 4.83. The number of piperidine rings is 1. The van der Waals surface area contributed by atoms with Crippen LogP contribution in [0.15, 0.2) is 16.7 Å². The van der Waals surface area contributed by atoms with Crippen LogP contribution in [0.25, 0.3) is 0 Å². The van der Waals surface area contributed by atoms with Crippen LogP contribution in [0.4, 0.5) is 11.5 Å². The van der Waals surface area contributed by atoms with Crippen LogP contribution in [0.3, 0.4) is 0 Å². The van der Waals surface area contributed by atoms with Crippen molar-refractivity contribution in [3.05, 3.63) is 26.9 Å². The molecule has 0 atom stereocenters. The van der Waals surface area contributed by atoms with E-state index in [4.69, 9.17) is 4.74 Å². The predicted octanol–water partition coefficient (Wildman–Crippen LogP) is 3.54. The monoisotopic (exact) mass is 357 g/mol. The fourth-order valence-corrected chi connectivity index (χ4v) is 2.83. The van der Waals surface area contributed by atoms with Crippen LogP contribution in [0, 0.1) is 10.1 Å². The fourth-order valence-electron chi connectivity index (χ4n) is 2.51. The Morgan fingerprint density at radius 2 is 2.05 bits per heavy atom. The van der Waals surface area contributed by atoms with Crippen molar-refractivity contribution >= 4 is 27.4 Å². The summed E-state index contributed by atoms with van der Waals surface area (Å²) in [6.07, 6.45) is 3.39. The molecule has 1 aromatic rings. The molecule has 0 saturated carbocycles. The molecule has 0 unspecified atom stereocenters. The van der Waals surface area contributed by atoms with Crippen LogP contribution in [0.1, 0.15) is 33.6 Å². The van der Waals surface area contributed by atoms with E-state index in [1.165, 1.54) is 6.20 Å². The van der Waals surface area contributed by atoms with E-state index in [0.29, 0.717) is 5.69 Å². The molecular weight excluding hydrogens is 338 g/mol. The molecule has 1 aliphatic rings. The van der Waals surface area contributed by atoms with Crippen molar-refractivity contribution < 1.29 is 9.66 Å². The molecular formula is C14H20BrN3O3. The molecule has 2 rings (SSSR count). The van der Waals surface area contributed by atoms with E-state index in [9.17, 15) is 10.1 Å². The molecule has 116 valence electrons. The van der Waals surface area contributed by atoms with Crippen molar-refractivity contribution in [3.63, 3.8) is 0 Å². The Labute approximate surface area is 132 Å². The first-order chi connectivity index (χ1) is 9.76. The molecule has 1 aromatic heterocycles. The van der Waals surface area contributed by atoms with Crippen LogP contribution in [0.5, 0.6) is 0 Å². The average molecular weight is 358 g/mol. The van der Waals surface area contributed by atoms with Crippen LogP contribution < -0.4 is 4.90 Å². The molecule has 21 heavy (non-hydrogen) atoms. The van der Waals surface area contributed by atoms with Crippen LogP contribution in [0.2, 0.25) is 0 Å². The maximum atomic E-state index is 11.1. The maximum absolute atomic E-state index is 11.1. The Morgan fingerprint density at radius 1 is 1.43 bits per heavy atom. The quantitative estimate of drug-likeness (QED) is 0.611. The minimum absolute atomic E-state index is 0.0895. The van der Waals surface area contributed by atoms with Crippen molar-refractivity contribution in [1.29, 1.82) is 0 Å². The summed E-state index contributed by atoms with van der Waals surface area (Å²) in [5.74, 6) is -0.0895. The van der Waals surface area contributed by atoms with Crippen molar-refractivity contribution in [2.24, 2.45) is 0 Å². The summed E-state index contributed by atoms with van der Waals surface area (Å²) in [5, 5.41) is 11.1. The lowest BCUT2D eigenvalue weighted by Gasteiger charge is -2.36. The standard InChI is InChI=1S/C14H20BrN3O3/c1-14(2,3)21-11-4-6-17(7-5-11)12-8-10(15)9-16-13(12)18(19)20/h8-9,11H,4-7H2,1-3H3. The molecule has 1 aliphatic heterocycles. The second kappa shape index (κ2) is 6.27. The Morgan fingerprint density at radius 3 is 2.57 bits per heavy atom. The number of hydrogen-bond donors (Lipinski definition) is 0. The third-order valence-corrected chi connectivity index (χ3v) is 3.72. The zero-order valence-corrected chi connectivity index (χ0v) is 14.1. The molecule has 0 aliphatic carbocycles. The van der Waals surface area contributed by atoms with Gasteiger partial charge in [-0.3, -0.25) is 0 Å². The van der Waals surface area contributed by atoms with Gasteiger partial charge in [-0.1, -0.05) is 0 Å². The summed E-state index contributed by atoms with van der Waals surface area (Å²) in [7, 11) is 0. The highest BCUT2D eigenvalue weighted by Crippen LogP contribution is 2.31. The van der Waals surface area contributed by atoms with Crippen LogP contribution in [-0.2, 0) is 4.74 Å². The molecule has 1 fully saturated rings. The number of hydrogen-bond acceptors (Lipinski definition) is 5. The number of halogens is 1. The van der Waals surface area contributed by atoms with Gasteiger partial charge in [0, 0.05) is 13.1 Å². The first-order valence-electron chi connectivity index (χ1n) is 6.99. The van der Waals surface area contributed by atoms with E-state index >= 15 is 0 Å². The summed E-state index contributed by atoms with van der Waals surface area (Å²) in [6, 6.07) is 1.76. The van der Waals surface area contributed by atoms with Crippen molar-refractivity contribution in [2.75, 3.05) is 18.0 Å². The molecule has 2 heterocycles. The van der Waals surface area contributed by atoms with Crippen LogP contribution >= 0.6 is 15.9 Å². The third kappa shape index (κ3) is 4.38. The van der Waals surface area contributed by atoms with Gasteiger partial charge < -0.3 is 19.8 Å². The van der Waals surface area contributed by atoms with E-state index < -0.39 is 4.92 Å². The molecule has 0 aromatic carbocycles. The number of ether oxygens (including phenoxy) is 1.